The lowest BCUT2D eigenvalue weighted by Gasteiger charge is -2.40. The molecule has 6 N–H and O–H groups in total. The van der Waals surface area contributed by atoms with E-state index in [4.69, 9.17) is 9.47 Å². The summed E-state index contributed by atoms with van der Waals surface area (Å²) in [4.78, 5) is 12.2. The molecular weight excluding hydrogens is 538 g/mol. The molecule has 1 fully saturated rings. The number of nitrogens with one attached hydrogen (secondary N) is 1. The number of amides is 1. The SMILES string of the molecule is CCCCCCCCCCCCCCCCCCCCC(O)C(COC1OC(CO)C(O)C(O)C1O)NC(=O)CCC. The molecule has 0 aromatic rings. The minimum atomic E-state index is -1.54. The molecule has 1 amide bonds. The third-order valence-electron chi connectivity index (χ3n) is 8.43. The minimum absolute atomic E-state index is 0.141. The Labute approximate surface area is 255 Å². The van der Waals surface area contributed by atoms with Crippen molar-refractivity contribution in [3.05, 3.63) is 0 Å². The first-order valence-electron chi connectivity index (χ1n) is 17.2. The quantitative estimate of drug-likeness (QED) is 0.0728. The number of hydrogen-bond acceptors (Lipinski definition) is 8. The molecule has 1 aliphatic heterocycles. The van der Waals surface area contributed by atoms with E-state index in [-0.39, 0.29) is 12.5 Å². The molecule has 0 aliphatic carbocycles. The summed E-state index contributed by atoms with van der Waals surface area (Å²) < 4.78 is 11.0. The topological polar surface area (TPSA) is 149 Å². The van der Waals surface area contributed by atoms with Gasteiger partial charge in [-0.1, -0.05) is 129 Å². The lowest BCUT2D eigenvalue weighted by molar-refractivity contribution is -0.302. The van der Waals surface area contributed by atoms with Crippen LogP contribution in [0.2, 0.25) is 0 Å². The summed E-state index contributed by atoms with van der Waals surface area (Å²) in [5.41, 5.74) is 0. The first-order valence-corrected chi connectivity index (χ1v) is 17.2. The molecule has 0 spiro atoms. The fourth-order valence-electron chi connectivity index (χ4n) is 5.61. The highest BCUT2D eigenvalue weighted by Gasteiger charge is 2.44. The van der Waals surface area contributed by atoms with E-state index in [9.17, 15) is 30.3 Å². The predicted molar refractivity (Wildman–Crippen MR) is 166 cm³/mol. The summed E-state index contributed by atoms with van der Waals surface area (Å²) >= 11 is 0. The molecule has 42 heavy (non-hydrogen) atoms. The van der Waals surface area contributed by atoms with Gasteiger partial charge in [0.2, 0.25) is 5.91 Å². The summed E-state index contributed by atoms with van der Waals surface area (Å²) in [6.45, 7) is 3.47. The van der Waals surface area contributed by atoms with Gasteiger partial charge < -0.3 is 40.3 Å². The van der Waals surface area contributed by atoms with Gasteiger partial charge in [0.1, 0.15) is 24.4 Å². The van der Waals surface area contributed by atoms with Crippen molar-refractivity contribution in [3.8, 4) is 0 Å². The highest BCUT2D eigenvalue weighted by Crippen LogP contribution is 2.23. The number of carbonyl (C=O) groups is 1. The average molecular weight is 604 g/mol. The number of hydrogen-bond donors (Lipinski definition) is 6. The van der Waals surface area contributed by atoms with Crippen molar-refractivity contribution in [3.63, 3.8) is 0 Å². The summed E-state index contributed by atoms with van der Waals surface area (Å²) in [5, 5.41) is 53.2. The van der Waals surface area contributed by atoms with Gasteiger partial charge >= 0.3 is 0 Å². The van der Waals surface area contributed by atoms with Crippen molar-refractivity contribution in [2.24, 2.45) is 0 Å². The van der Waals surface area contributed by atoms with Crippen molar-refractivity contribution >= 4 is 5.91 Å². The lowest BCUT2D eigenvalue weighted by atomic mass is 9.99. The van der Waals surface area contributed by atoms with Crippen LogP contribution in [0.15, 0.2) is 0 Å². The first-order chi connectivity index (χ1) is 20.3. The zero-order valence-electron chi connectivity index (χ0n) is 26.8. The second-order valence-corrected chi connectivity index (χ2v) is 12.3. The molecule has 0 aromatic carbocycles. The van der Waals surface area contributed by atoms with Crippen LogP contribution in [-0.2, 0) is 14.3 Å². The van der Waals surface area contributed by atoms with Gasteiger partial charge in [0, 0.05) is 6.42 Å². The van der Waals surface area contributed by atoms with Gasteiger partial charge in [-0.25, -0.2) is 0 Å². The number of aliphatic hydroxyl groups is 5. The zero-order chi connectivity index (χ0) is 31.0. The molecule has 0 saturated carbocycles. The molecule has 9 nitrogen and oxygen atoms in total. The molecule has 1 saturated heterocycles. The molecule has 0 bridgehead atoms. The highest BCUT2D eigenvalue weighted by molar-refractivity contribution is 5.76. The van der Waals surface area contributed by atoms with Gasteiger partial charge in [-0.15, -0.1) is 0 Å². The highest BCUT2D eigenvalue weighted by atomic mass is 16.7. The third kappa shape index (κ3) is 17.5. The first kappa shape index (κ1) is 39.2. The standard InChI is InChI=1S/C33H65NO8/c1-3-5-6-7-8-9-10-11-12-13-14-15-16-17-18-19-20-21-23-27(36)26(34-29(37)22-4-2)25-41-33-32(40)31(39)30(38)28(24-35)42-33/h26-28,30-33,35-36,38-40H,3-25H2,1-2H3,(H,34,37). The van der Waals surface area contributed by atoms with Crippen LogP contribution in [0.5, 0.6) is 0 Å². The fourth-order valence-corrected chi connectivity index (χ4v) is 5.61. The van der Waals surface area contributed by atoms with Crippen molar-refractivity contribution in [2.45, 2.75) is 192 Å². The zero-order valence-corrected chi connectivity index (χ0v) is 26.8. The molecule has 7 atom stereocenters. The molecule has 1 aliphatic rings. The van der Waals surface area contributed by atoms with E-state index in [0.717, 1.165) is 19.3 Å². The second-order valence-electron chi connectivity index (χ2n) is 12.3. The van der Waals surface area contributed by atoms with Crippen LogP contribution < -0.4 is 5.32 Å². The number of rotatable bonds is 27. The molecule has 9 heteroatoms. The van der Waals surface area contributed by atoms with Gasteiger partial charge in [-0.05, 0) is 12.8 Å². The Balaban J connectivity index is 2.18. The van der Waals surface area contributed by atoms with Crippen molar-refractivity contribution in [1.29, 1.82) is 0 Å². The van der Waals surface area contributed by atoms with E-state index in [2.05, 4.69) is 12.2 Å². The van der Waals surface area contributed by atoms with Gasteiger partial charge in [0.05, 0.1) is 25.4 Å². The molecule has 0 aromatic heterocycles. The number of aliphatic hydroxyl groups excluding tert-OH is 5. The summed E-state index contributed by atoms with van der Waals surface area (Å²) in [6, 6.07) is -0.706. The van der Waals surface area contributed by atoms with Crippen LogP contribution >= 0.6 is 0 Å². The Kier molecular flexibility index (Phi) is 23.8. The second kappa shape index (κ2) is 25.5. The molecule has 1 heterocycles. The predicted octanol–water partition coefficient (Wildman–Crippen LogP) is 4.88. The summed E-state index contributed by atoms with van der Waals surface area (Å²) in [7, 11) is 0. The van der Waals surface area contributed by atoms with Gasteiger partial charge in [-0.3, -0.25) is 4.79 Å². The van der Waals surface area contributed by atoms with E-state index < -0.39 is 49.5 Å². The van der Waals surface area contributed by atoms with Crippen LogP contribution in [-0.4, -0.2) is 87.5 Å². The molecule has 7 unspecified atom stereocenters. The minimum Gasteiger partial charge on any atom is -0.394 e. The summed E-state index contributed by atoms with van der Waals surface area (Å²) in [5.74, 6) is -0.197. The average Bonchev–Trinajstić information content (AvgIpc) is 2.98. The third-order valence-corrected chi connectivity index (χ3v) is 8.43. The molecule has 250 valence electrons. The number of ether oxygens (including phenoxy) is 2. The van der Waals surface area contributed by atoms with E-state index in [1.165, 1.54) is 96.3 Å². The molecule has 0 radical (unpaired) electrons. The van der Waals surface area contributed by atoms with E-state index in [1.807, 2.05) is 6.92 Å². The maximum absolute atomic E-state index is 12.2. The van der Waals surface area contributed by atoms with Crippen LogP contribution in [0.3, 0.4) is 0 Å². The van der Waals surface area contributed by atoms with Crippen LogP contribution in [0.25, 0.3) is 0 Å². The van der Waals surface area contributed by atoms with E-state index >= 15 is 0 Å². The fraction of sp³-hybridized carbons (Fsp3) is 0.970. The van der Waals surface area contributed by atoms with E-state index in [1.54, 1.807) is 0 Å². The molecule has 1 rings (SSSR count). The van der Waals surface area contributed by atoms with Crippen molar-refractivity contribution < 1.29 is 39.8 Å². The maximum atomic E-state index is 12.2. The van der Waals surface area contributed by atoms with Crippen LogP contribution in [0.1, 0.15) is 149 Å². The summed E-state index contributed by atoms with van der Waals surface area (Å²) in [6.07, 6.45) is 17.0. The Hall–Kier alpha value is -0.810. The lowest BCUT2D eigenvalue weighted by Crippen LogP contribution is -2.60. The monoisotopic (exact) mass is 603 g/mol. The number of unbranched alkanes of at least 4 members (excludes halogenated alkanes) is 17. The van der Waals surface area contributed by atoms with E-state index in [0.29, 0.717) is 19.3 Å². The van der Waals surface area contributed by atoms with Gasteiger partial charge in [0.15, 0.2) is 6.29 Å². The van der Waals surface area contributed by atoms with Crippen molar-refractivity contribution in [2.75, 3.05) is 13.2 Å². The smallest absolute Gasteiger partial charge is 0.220 e. The number of carbonyl (C=O) groups excluding carboxylic acids is 1. The Morgan fingerprint density at radius 1 is 0.714 bits per heavy atom. The van der Waals surface area contributed by atoms with Crippen LogP contribution in [0.4, 0.5) is 0 Å². The van der Waals surface area contributed by atoms with Gasteiger partial charge in [-0.2, -0.15) is 0 Å². The van der Waals surface area contributed by atoms with Gasteiger partial charge in [0.25, 0.3) is 0 Å². The Morgan fingerprint density at radius 3 is 1.64 bits per heavy atom. The van der Waals surface area contributed by atoms with Crippen LogP contribution in [0, 0.1) is 0 Å². The largest absolute Gasteiger partial charge is 0.394 e. The maximum Gasteiger partial charge on any atom is 0.220 e. The molecular formula is C33H65NO8. The van der Waals surface area contributed by atoms with Crippen molar-refractivity contribution in [1.82, 2.24) is 5.32 Å². The Morgan fingerprint density at radius 2 is 1.19 bits per heavy atom. The normalized spacial score (nSPS) is 24.0. The Bertz CT molecular complexity index is 637.